The number of benzene rings is 2. The summed E-state index contributed by atoms with van der Waals surface area (Å²) in [6.07, 6.45) is -1.16. The number of hydrogen-bond acceptors (Lipinski definition) is 6. The minimum absolute atomic E-state index is 0.0922. The number of amides is 1. The Balaban J connectivity index is 1.78. The normalized spacial score (nSPS) is 17.5. The van der Waals surface area contributed by atoms with E-state index in [1.54, 1.807) is 12.1 Å². The molecule has 3 rings (SSSR count). The zero-order valence-corrected chi connectivity index (χ0v) is 14.9. The summed E-state index contributed by atoms with van der Waals surface area (Å²) in [6, 6.07) is 10.9. The summed E-state index contributed by atoms with van der Waals surface area (Å²) < 4.78 is 31.6. The van der Waals surface area contributed by atoms with Crippen molar-refractivity contribution in [3.63, 3.8) is 0 Å². The third-order valence-corrected chi connectivity index (χ3v) is 5.31. The number of fused-ring (bicyclic) bond motifs is 1. The number of methoxy groups -OCH3 is 1. The first-order valence-electron chi connectivity index (χ1n) is 7.69. The SMILES string of the molecule is COC(=O)c1ccc(NC(=O)[C@H]2Nc3cc(C)ccc3S(=O)(=O)N2)cc1. The maximum absolute atomic E-state index is 12.4. The van der Waals surface area contributed by atoms with E-state index in [1.165, 1.54) is 37.4 Å². The third kappa shape index (κ3) is 3.53. The van der Waals surface area contributed by atoms with E-state index in [0.717, 1.165) is 5.56 Å². The standard InChI is InChI=1S/C17H17N3O5S/c1-10-3-8-14-13(9-10)19-15(20-26(14,23)24)16(21)18-12-6-4-11(5-7-12)17(22)25-2/h3-9,15,19-20H,1-2H3,(H,18,21)/t15-/m0/s1. The zero-order chi connectivity index (χ0) is 18.9. The number of aryl methyl sites for hydroxylation is 1. The molecule has 0 aromatic heterocycles. The molecule has 26 heavy (non-hydrogen) atoms. The number of carbonyl (C=O) groups is 2. The van der Waals surface area contributed by atoms with Gasteiger partial charge in [-0.15, -0.1) is 0 Å². The Kier molecular flexibility index (Phi) is 4.66. The van der Waals surface area contributed by atoms with Crippen LogP contribution in [-0.2, 0) is 19.6 Å². The summed E-state index contributed by atoms with van der Waals surface area (Å²) in [5, 5.41) is 5.47. The smallest absolute Gasteiger partial charge is 0.337 e. The third-order valence-electron chi connectivity index (χ3n) is 3.83. The van der Waals surface area contributed by atoms with Gasteiger partial charge in [-0.05, 0) is 48.9 Å². The lowest BCUT2D eigenvalue weighted by Gasteiger charge is -2.27. The van der Waals surface area contributed by atoms with Crippen molar-refractivity contribution in [3.05, 3.63) is 53.6 Å². The molecule has 0 fully saturated rings. The second-order valence-electron chi connectivity index (χ2n) is 5.76. The summed E-state index contributed by atoms with van der Waals surface area (Å²) in [5.74, 6) is -1.07. The number of nitrogens with one attached hydrogen (secondary N) is 3. The fourth-order valence-electron chi connectivity index (χ4n) is 2.54. The molecule has 9 heteroatoms. The Morgan fingerprint density at radius 1 is 1.12 bits per heavy atom. The van der Waals surface area contributed by atoms with E-state index in [2.05, 4.69) is 20.1 Å². The molecule has 3 N–H and O–H groups in total. The molecule has 136 valence electrons. The van der Waals surface area contributed by atoms with E-state index in [0.29, 0.717) is 16.9 Å². The van der Waals surface area contributed by atoms with Gasteiger partial charge >= 0.3 is 5.97 Å². The van der Waals surface area contributed by atoms with Gasteiger partial charge in [0, 0.05) is 5.69 Å². The molecule has 0 bridgehead atoms. The predicted molar refractivity (Wildman–Crippen MR) is 95.3 cm³/mol. The average molecular weight is 375 g/mol. The van der Waals surface area contributed by atoms with Crippen molar-refractivity contribution in [1.29, 1.82) is 0 Å². The molecule has 1 aliphatic rings. The highest BCUT2D eigenvalue weighted by Gasteiger charge is 2.33. The molecule has 1 amide bonds. The van der Waals surface area contributed by atoms with Gasteiger partial charge < -0.3 is 15.4 Å². The zero-order valence-electron chi connectivity index (χ0n) is 14.1. The van der Waals surface area contributed by atoms with Crippen molar-refractivity contribution < 1.29 is 22.7 Å². The quantitative estimate of drug-likeness (QED) is 0.700. The Hall–Kier alpha value is -2.91. The average Bonchev–Trinajstić information content (AvgIpc) is 2.60. The van der Waals surface area contributed by atoms with Crippen LogP contribution in [0.3, 0.4) is 0 Å². The van der Waals surface area contributed by atoms with Crippen LogP contribution < -0.4 is 15.4 Å². The molecule has 2 aromatic rings. The van der Waals surface area contributed by atoms with E-state index in [9.17, 15) is 18.0 Å². The van der Waals surface area contributed by atoms with Gasteiger partial charge in [0.1, 0.15) is 4.90 Å². The van der Waals surface area contributed by atoms with Crippen LogP contribution in [0.15, 0.2) is 47.4 Å². The van der Waals surface area contributed by atoms with E-state index < -0.39 is 28.1 Å². The highest BCUT2D eigenvalue weighted by atomic mass is 32.2. The largest absolute Gasteiger partial charge is 0.465 e. The van der Waals surface area contributed by atoms with Crippen LogP contribution in [0, 0.1) is 6.92 Å². The van der Waals surface area contributed by atoms with Gasteiger partial charge in [0.25, 0.3) is 5.91 Å². The van der Waals surface area contributed by atoms with Crippen molar-refractivity contribution in [2.45, 2.75) is 18.0 Å². The first kappa shape index (κ1) is 17.9. The van der Waals surface area contributed by atoms with Crippen molar-refractivity contribution in [3.8, 4) is 0 Å². The van der Waals surface area contributed by atoms with E-state index >= 15 is 0 Å². The van der Waals surface area contributed by atoms with E-state index in [-0.39, 0.29) is 4.90 Å². The van der Waals surface area contributed by atoms with Crippen molar-refractivity contribution in [1.82, 2.24) is 4.72 Å². The number of ether oxygens (including phenoxy) is 1. The lowest BCUT2D eigenvalue weighted by atomic mass is 10.2. The van der Waals surface area contributed by atoms with E-state index in [4.69, 9.17) is 0 Å². The second kappa shape index (κ2) is 6.77. The topological polar surface area (TPSA) is 114 Å². The first-order chi connectivity index (χ1) is 12.3. The molecule has 1 heterocycles. The van der Waals surface area contributed by atoms with Gasteiger partial charge in [-0.25, -0.2) is 13.2 Å². The van der Waals surface area contributed by atoms with Gasteiger partial charge in [0.05, 0.1) is 18.4 Å². The van der Waals surface area contributed by atoms with Crippen molar-refractivity contribution in [2.75, 3.05) is 17.7 Å². The molecule has 0 saturated heterocycles. The summed E-state index contributed by atoms with van der Waals surface area (Å²) in [4.78, 5) is 23.9. The predicted octanol–water partition coefficient (Wildman–Crippen LogP) is 1.45. The summed E-state index contributed by atoms with van der Waals surface area (Å²) in [6.45, 7) is 1.83. The Morgan fingerprint density at radius 3 is 2.46 bits per heavy atom. The molecule has 0 aliphatic carbocycles. The molecule has 2 aromatic carbocycles. The molecule has 0 spiro atoms. The molecule has 0 saturated carbocycles. The minimum atomic E-state index is -3.80. The number of sulfonamides is 1. The minimum Gasteiger partial charge on any atom is -0.465 e. The monoisotopic (exact) mass is 375 g/mol. The summed E-state index contributed by atoms with van der Waals surface area (Å²) >= 11 is 0. The number of carbonyl (C=O) groups excluding carboxylic acids is 2. The number of hydrogen-bond donors (Lipinski definition) is 3. The van der Waals surface area contributed by atoms with Crippen LogP contribution >= 0.6 is 0 Å². The van der Waals surface area contributed by atoms with Gasteiger partial charge in [-0.2, -0.15) is 4.72 Å². The number of anilines is 2. The molecule has 0 unspecified atom stereocenters. The van der Waals surface area contributed by atoms with Crippen LogP contribution in [0.25, 0.3) is 0 Å². The van der Waals surface area contributed by atoms with Gasteiger partial charge in [-0.3, -0.25) is 4.79 Å². The fraction of sp³-hybridized carbons (Fsp3) is 0.176. The number of rotatable bonds is 3. The van der Waals surface area contributed by atoms with Crippen LogP contribution in [0.2, 0.25) is 0 Å². The molecule has 1 aliphatic heterocycles. The summed E-state index contributed by atoms with van der Waals surface area (Å²) in [7, 11) is -2.52. The highest BCUT2D eigenvalue weighted by molar-refractivity contribution is 7.89. The van der Waals surface area contributed by atoms with Crippen LogP contribution in [0.1, 0.15) is 15.9 Å². The number of esters is 1. The molecule has 8 nitrogen and oxygen atoms in total. The lowest BCUT2D eigenvalue weighted by Crippen LogP contribution is -2.51. The summed E-state index contributed by atoms with van der Waals surface area (Å²) in [5.41, 5.74) is 1.99. The molecule has 1 atom stereocenters. The van der Waals surface area contributed by atoms with E-state index in [1.807, 2.05) is 6.92 Å². The first-order valence-corrected chi connectivity index (χ1v) is 9.17. The second-order valence-corrected chi connectivity index (χ2v) is 7.44. The molecular weight excluding hydrogens is 358 g/mol. The van der Waals surface area contributed by atoms with Crippen molar-refractivity contribution >= 4 is 33.3 Å². The Bertz CT molecular complexity index is 970. The van der Waals surface area contributed by atoms with Crippen LogP contribution in [-0.4, -0.2) is 33.6 Å². The molecular formula is C17H17N3O5S. The fourth-order valence-corrected chi connectivity index (χ4v) is 3.79. The van der Waals surface area contributed by atoms with Crippen LogP contribution in [0.5, 0.6) is 0 Å². The van der Waals surface area contributed by atoms with Crippen molar-refractivity contribution in [2.24, 2.45) is 0 Å². The lowest BCUT2D eigenvalue weighted by molar-refractivity contribution is -0.117. The Labute approximate surface area is 150 Å². The Morgan fingerprint density at radius 2 is 1.81 bits per heavy atom. The van der Waals surface area contributed by atoms with Crippen LogP contribution in [0.4, 0.5) is 11.4 Å². The maximum Gasteiger partial charge on any atom is 0.337 e. The van der Waals surface area contributed by atoms with Gasteiger partial charge in [0.2, 0.25) is 10.0 Å². The van der Waals surface area contributed by atoms with Gasteiger partial charge in [0.15, 0.2) is 6.17 Å². The molecule has 0 radical (unpaired) electrons. The maximum atomic E-state index is 12.4. The highest BCUT2D eigenvalue weighted by Crippen LogP contribution is 2.27. The van der Waals surface area contributed by atoms with Gasteiger partial charge in [-0.1, -0.05) is 6.07 Å².